The summed E-state index contributed by atoms with van der Waals surface area (Å²) in [6.07, 6.45) is 11.5. The van der Waals surface area contributed by atoms with Gasteiger partial charge in [-0.3, -0.25) is 4.79 Å². The van der Waals surface area contributed by atoms with E-state index in [1.54, 1.807) is 6.33 Å². The Bertz CT molecular complexity index is 955. The molecular formula is C23H31N7O. The molecule has 0 aliphatic carbocycles. The number of fused-ring (bicyclic) bond motifs is 1. The summed E-state index contributed by atoms with van der Waals surface area (Å²) in [6.45, 7) is 10.3. The fourth-order valence-corrected chi connectivity index (χ4v) is 5.11. The van der Waals surface area contributed by atoms with Crippen LogP contribution in [0.2, 0.25) is 0 Å². The van der Waals surface area contributed by atoms with Crippen molar-refractivity contribution in [2.24, 2.45) is 0 Å². The SMILES string of the molecule is C=Cc1cn(CCN2CCCC2)c(C2CCN(c3ncnc4c3CCC(=O)N4)CC2)n1. The second-order valence-corrected chi connectivity index (χ2v) is 8.80. The number of nitrogens with one attached hydrogen (secondary N) is 1. The van der Waals surface area contributed by atoms with Gasteiger partial charge in [-0.15, -0.1) is 0 Å². The van der Waals surface area contributed by atoms with Crippen LogP contribution in [0.25, 0.3) is 6.08 Å². The zero-order chi connectivity index (χ0) is 21.2. The summed E-state index contributed by atoms with van der Waals surface area (Å²) in [5, 5.41) is 2.88. The molecule has 0 atom stereocenters. The zero-order valence-corrected chi connectivity index (χ0v) is 18.1. The number of carbonyl (C=O) groups is 1. The van der Waals surface area contributed by atoms with Gasteiger partial charge in [-0.2, -0.15) is 0 Å². The quantitative estimate of drug-likeness (QED) is 0.773. The van der Waals surface area contributed by atoms with Crippen molar-refractivity contribution in [3.05, 3.63) is 36.2 Å². The first-order valence-electron chi connectivity index (χ1n) is 11.5. The minimum absolute atomic E-state index is 0.0367. The Morgan fingerprint density at radius 2 is 1.90 bits per heavy atom. The van der Waals surface area contributed by atoms with Gasteiger partial charge < -0.3 is 19.7 Å². The van der Waals surface area contributed by atoms with Gasteiger partial charge in [0.2, 0.25) is 5.91 Å². The van der Waals surface area contributed by atoms with Crippen LogP contribution in [0.1, 0.15) is 55.1 Å². The molecule has 3 aliphatic heterocycles. The van der Waals surface area contributed by atoms with Crippen molar-refractivity contribution < 1.29 is 4.79 Å². The molecule has 0 spiro atoms. The van der Waals surface area contributed by atoms with Crippen molar-refractivity contribution in [1.29, 1.82) is 0 Å². The average molecular weight is 422 g/mol. The first kappa shape index (κ1) is 20.2. The van der Waals surface area contributed by atoms with E-state index < -0.39 is 0 Å². The number of anilines is 2. The average Bonchev–Trinajstić information content (AvgIpc) is 3.47. The van der Waals surface area contributed by atoms with E-state index in [0.29, 0.717) is 24.6 Å². The molecule has 164 valence electrons. The molecule has 0 radical (unpaired) electrons. The third-order valence-corrected chi connectivity index (χ3v) is 6.83. The molecule has 2 aromatic rings. The van der Waals surface area contributed by atoms with E-state index in [0.717, 1.165) is 56.1 Å². The predicted molar refractivity (Wildman–Crippen MR) is 121 cm³/mol. The minimum Gasteiger partial charge on any atom is -0.356 e. The summed E-state index contributed by atoms with van der Waals surface area (Å²) in [7, 11) is 0. The van der Waals surface area contributed by atoms with E-state index >= 15 is 0 Å². The largest absolute Gasteiger partial charge is 0.356 e. The number of carbonyl (C=O) groups excluding carboxylic acids is 1. The van der Waals surface area contributed by atoms with E-state index in [9.17, 15) is 4.79 Å². The van der Waals surface area contributed by atoms with E-state index in [4.69, 9.17) is 4.98 Å². The highest BCUT2D eigenvalue weighted by molar-refractivity contribution is 5.93. The van der Waals surface area contributed by atoms with E-state index in [-0.39, 0.29) is 5.91 Å². The Hall–Kier alpha value is -2.74. The molecule has 3 aliphatic rings. The molecule has 8 nitrogen and oxygen atoms in total. The van der Waals surface area contributed by atoms with Crippen LogP contribution in [-0.2, 0) is 17.8 Å². The highest BCUT2D eigenvalue weighted by Gasteiger charge is 2.29. The molecule has 8 heteroatoms. The fraction of sp³-hybridized carbons (Fsp3) is 0.565. The standard InChI is InChI=1S/C23H31N7O/c1-2-18-15-30(14-13-28-9-3-4-10-28)22(26-18)17-7-11-29(12-8-17)23-19-5-6-20(31)27-21(19)24-16-25-23/h2,15-17H,1,3-14H2,(H,24,25,27,31). The van der Waals surface area contributed by atoms with Crippen molar-refractivity contribution in [3.8, 4) is 0 Å². The second kappa shape index (κ2) is 8.78. The van der Waals surface area contributed by atoms with Gasteiger partial charge in [-0.25, -0.2) is 15.0 Å². The molecule has 5 rings (SSSR count). The summed E-state index contributed by atoms with van der Waals surface area (Å²) in [5.41, 5.74) is 2.04. The van der Waals surface area contributed by atoms with Crippen LogP contribution in [-0.4, -0.2) is 63.0 Å². The normalized spacial score (nSPS) is 20.0. The molecule has 5 heterocycles. The molecule has 1 N–H and O–H groups in total. The first-order chi connectivity index (χ1) is 15.2. The van der Waals surface area contributed by atoms with E-state index in [1.165, 1.54) is 31.8 Å². The smallest absolute Gasteiger partial charge is 0.225 e. The van der Waals surface area contributed by atoms with Crippen molar-refractivity contribution >= 4 is 23.6 Å². The Morgan fingerprint density at radius 3 is 2.68 bits per heavy atom. The maximum atomic E-state index is 11.7. The number of rotatable bonds is 6. The molecule has 0 unspecified atom stereocenters. The summed E-state index contributed by atoms with van der Waals surface area (Å²) >= 11 is 0. The van der Waals surface area contributed by atoms with Gasteiger partial charge >= 0.3 is 0 Å². The van der Waals surface area contributed by atoms with Crippen LogP contribution >= 0.6 is 0 Å². The number of likely N-dealkylation sites (tertiary alicyclic amines) is 1. The molecule has 0 saturated carbocycles. The van der Waals surface area contributed by atoms with E-state index in [1.807, 2.05) is 6.08 Å². The van der Waals surface area contributed by atoms with E-state index in [2.05, 4.69) is 42.4 Å². The number of amides is 1. The Balaban J connectivity index is 1.28. The van der Waals surface area contributed by atoms with Gasteiger partial charge in [0.25, 0.3) is 0 Å². The Kier molecular flexibility index (Phi) is 5.72. The van der Waals surface area contributed by atoms with Gasteiger partial charge in [0, 0.05) is 50.3 Å². The molecule has 2 fully saturated rings. The molecule has 2 aromatic heterocycles. The van der Waals surface area contributed by atoms with Crippen LogP contribution in [0, 0.1) is 0 Å². The lowest BCUT2D eigenvalue weighted by molar-refractivity contribution is -0.116. The lowest BCUT2D eigenvalue weighted by Gasteiger charge is -2.34. The Morgan fingerprint density at radius 1 is 1.10 bits per heavy atom. The maximum Gasteiger partial charge on any atom is 0.225 e. The second-order valence-electron chi connectivity index (χ2n) is 8.80. The van der Waals surface area contributed by atoms with Gasteiger partial charge in [0.15, 0.2) is 0 Å². The summed E-state index contributed by atoms with van der Waals surface area (Å²) in [4.78, 5) is 30.4. The number of aromatic nitrogens is 4. The van der Waals surface area contributed by atoms with Crippen molar-refractivity contribution in [2.75, 3.05) is 42.9 Å². The molecular weight excluding hydrogens is 390 g/mol. The van der Waals surface area contributed by atoms with Crippen molar-refractivity contribution in [2.45, 2.75) is 51.0 Å². The van der Waals surface area contributed by atoms with Crippen molar-refractivity contribution in [1.82, 2.24) is 24.4 Å². The van der Waals surface area contributed by atoms with Crippen LogP contribution in [0.5, 0.6) is 0 Å². The number of piperidine rings is 1. The number of nitrogens with zero attached hydrogens (tertiary/aromatic N) is 6. The summed E-state index contributed by atoms with van der Waals surface area (Å²) in [5.74, 6) is 3.34. The Labute approximate surface area is 183 Å². The number of hydrogen-bond donors (Lipinski definition) is 1. The number of hydrogen-bond acceptors (Lipinski definition) is 6. The highest BCUT2D eigenvalue weighted by atomic mass is 16.1. The van der Waals surface area contributed by atoms with Gasteiger partial charge in [0.05, 0.1) is 5.69 Å². The van der Waals surface area contributed by atoms with Crippen LogP contribution in [0.4, 0.5) is 11.6 Å². The lowest BCUT2D eigenvalue weighted by atomic mass is 9.95. The number of imidazole rings is 1. The van der Waals surface area contributed by atoms with Crippen LogP contribution < -0.4 is 10.2 Å². The monoisotopic (exact) mass is 421 g/mol. The van der Waals surface area contributed by atoms with Crippen molar-refractivity contribution in [3.63, 3.8) is 0 Å². The molecule has 2 saturated heterocycles. The fourth-order valence-electron chi connectivity index (χ4n) is 5.11. The van der Waals surface area contributed by atoms with Gasteiger partial charge in [-0.05, 0) is 51.3 Å². The summed E-state index contributed by atoms with van der Waals surface area (Å²) in [6, 6.07) is 0. The topological polar surface area (TPSA) is 79.2 Å². The predicted octanol–water partition coefficient (Wildman–Crippen LogP) is 2.68. The van der Waals surface area contributed by atoms with Crippen LogP contribution in [0.15, 0.2) is 19.1 Å². The molecule has 0 aromatic carbocycles. The summed E-state index contributed by atoms with van der Waals surface area (Å²) < 4.78 is 2.36. The molecule has 1 amide bonds. The van der Waals surface area contributed by atoms with Gasteiger partial charge in [-0.1, -0.05) is 6.58 Å². The molecule has 31 heavy (non-hydrogen) atoms. The minimum atomic E-state index is 0.0367. The van der Waals surface area contributed by atoms with Gasteiger partial charge in [0.1, 0.15) is 23.8 Å². The third kappa shape index (κ3) is 4.21. The maximum absolute atomic E-state index is 11.7. The molecule has 0 bridgehead atoms. The first-order valence-corrected chi connectivity index (χ1v) is 11.5. The zero-order valence-electron chi connectivity index (χ0n) is 18.1. The highest BCUT2D eigenvalue weighted by Crippen LogP contribution is 2.34. The lowest BCUT2D eigenvalue weighted by Crippen LogP contribution is -2.36. The van der Waals surface area contributed by atoms with Crippen LogP contribution in [0.3, 0.4) is 0 Å². The third-order valence-electron chi connectivity index (χ3n) is 6.83.